The molecule has 10 nitrogen and oxygen atoms in total. The van der Waals surface area contributed by atoms with Crippen LogP contribution in [0.4, 0.5) is 5.00 Å². The number of nitrogens with zero attached hydrogens (tertiary/aromatic N) is 1. The molecule has 0 aliphatic carbocycles. The van der Waals surface area contributed by atoms with Gasteiger partial charge in [0.2, 0.25) is 0 Å². The molecule has 0 aliphatic heterocycles. The van der Waals surface area contributed by atoms with Crippen LogP contribution in [-0.2, 0) is 19.0 Å². The molecule has 1 atom stereocenters. The smallest absolute Gasteiger partial charge is 0.348 e. The van der Waals surface area contributed by atoms with E-state index in [4.69, 9.17) is 14.2 Å². The Hall–Kier alpha value is -3.99. The fraction of sp³-hybridized carbons (Fsp3) is 0.292. The monoisotopic (exact) mass is 499 g/mol. The van der Waals surface area contributed by atoms with E-state index in [2.05, 4.69) is 15.3 Å². The number of nitrogens with one attached hydrogen (secondary N) is 2. The summed E-state index contributed by atoms with van der Waals surface area (Å²) in [5.74, 6) is -2.00. The Bertz CT molecular complexity index is 1220. The zero-order valence-corrected chi connectivity index (χ0v) is 20.5. The van der Waals surface area contributed by atoms with E-state index in [1.54, 1.807) is 57.4 Å². The normalized spacial score (nSPS) is 11.4. The fourth-order valence-corrected chi connectivity index (χ4v) is 4.33. The van der Waals surface area contributed by atoms with Crippen molar-refractivity contribution in [2.75, 3.05) is 19.0 Å². The highest BCUT2D eigenvalue weighted by atomic mass is 32.1. The highest BCUT2D eigenvalue weighted by molar-refractivity contribution is 7.18. The van der Waals surface area contributed by atoms with Crippen LogP contribution in [0.25, 0.3) is 11.4 Å². The van der Waals surface area contributed by atoms with Crippen LogP contribution >= 0.6 is 11.3 Å². The number of anilines is 1. The molecule has 0 bridgehead atoms. The molecular weight excluding hydrogens is 474 g/mol. The fourth-order valence-electron chi connectivity index (χ4n) is 3.24. The van der Waals surface area contributed by atoms with Crippen molar-refractivity contribution >= 4 is 40.2 Å². The lowest BCUT2D eigenvalue weighted by molar-refractivity contribution is -0.124. The van der Waals surface area contributed by atoms with Crippen LogP contribution in [0.15, 0.2) is 36.7 Å². The van der Waals surface area contributed by atoms with Crippen molar-refractivity contribution in [1.82, 2.24) is 9.97 Å². The Labute approximate surface area is 205 Å². The molecule has 2 heterocycles. The van der Waals surface area contributed by atoms with Crippen molar-refractivity contribution in [3.05, 3.63) is 58.2 Å². The second-order valence-corrected chi connectivity index (χ2v) is 8.30. The van der Waals surface area contributed by atoms with E-state index in [1.165, 1.54) is 7.11 Å². The second-order valence-electron chi connectivity index (χ2n) is 7.28. The van der Waals surface area contributed by atoms with Crippen molar-refractivity contribution in [2.24, 2.45) is 0 Å². The molecule has 1 unspecified atom stereocenters. The van der Waals surface area contributed by atoms with Crippen molar-refractivity contribution in [2.45, 2.75) is 33.3 Å². The Balaban J connectivity index is 1.76. The Kier molecular flexibility index (Phi) is 8.37. The number of benzene rings is 1. The van der Waals surface area contributed by atoms with Gasteiger partial charge in [0.25, 0.3) is 5.91 Å². The van der Waals surface area contributed by atoms with E-state index < -0.39 is 29.9 Å². The molecule has 1 aromatic carbocycles. The highest BCUT2D eigenvalue weighted by Crippen LogP contribution is 2.34. The summed E-state index contributed by atoms with van der Waals surface area (Å²) in [5.41, 5.74) is 1.43. The lowest BCUT2D eigenvalue weighted by Crippen LogP contribution is -2.32. The Morgan fingerprint density at radius 3 is 2.37 bits per heavy atom. The maximum atomic E-state index is 12.9. The number of methoxy groups -OCH3 is 1. The van der Waals surface area contributed by atoms with Gasteiger partial charge in [-0.3, -0.25) is 4.79 Å². The minimum Gasteiger partial charge on any atom is -0.465 e. The maximum absolute atomic E-state index is 12.9. The number of carbonyl (C=O) groups is 4. The van der Waals surface area contributed by atoms with Gasteiger partial charge in [0, 0.05) is 18.0 Å². The molecule has 35 heavy (non-hydrogen) atoms. The number of hydrogen-bond donors (Lipinski definition) is 2. The highest BCUT2D eigenvalue weighted by Gasteiger charge is 2.29. The number of rotatable bonds is 9. The molecule has 2 N–H and O–H groups in total. The second kappa shape index (κ2) is 11.4. The summed E-state index contributed by atoms with van der Waals surface area (Å²) in [4.78, 5) is 57.5. The SMILES string of the molecule is CCOC(=O)c1sc(NC(=O)C(CC)OC(=O)c2ccc(-c3ncc[nH]3)cc2)c(C(=O)OC)c1C. The Morgan fingerprint density at radius 2 is 1.80 bits per heavy atom. The van der Waals surface area contributed by atoms with E-state index in [1.807, 2.05) is 0 Å². The molecule has 3 aromatic rings. The van der Waals surface area contributed by atoms with Gasteiger partial charge in [-0.25, -0.2) is 19.4 Å². The topological polar surface area (TPSA) is 137 Å². The lowest BCUT2D eigenvalue weighted by atomic mass is 10.1. The van der Waals surface area contributed by atoms with Gasteiger partial charge in [0.05, 0.1) is 24.8 Å². The van der Waals surface area contributed by atoms with Crippen molar-refractivity contribution < 1.29 is 33.4 Å². The first-order valence-electron chi connectivity index (χ1n) is 10.8. The summed E-state index contributed by atoms with van der Waals surface area (Å²) in [7, 11) is 1.20. The number of thiophene rings is 1. The number of H-pyrrole nitrogens is 1. The van der Waals surface area contributed by atoms with E-state index in [9.17, 15) is 19.2 Å². The molecule has 0 fully saturated rings. The molecule has 0 saturated heterocycles. The first-order valence-corrected chi connectivity index (χ1v) is 11.6. The number of ether oxygens (including phenoxy) is 3. The standard InChI is InChI=1S/C24H25N3O7S/c1-5-16(34-22(29)15-9-7-14(8-10-15)19-25-11-12-26-19)20(28)27-21-17(23(30)32-4)13(3)18(35-21)24(31)33-6-2/h7-12,16H,5-6H2,1-4H3,(H,25,26)(H,27,28). The van der Waals surface area contributed by atoms with Gasteiger partial charge in [-0.1, -0.05) is 19.1 Å². The summed E-state index contributed by atoms with van der Waals surface area (Å²) >= 11 is 0.893. The van der Waals surface area contributed by atoms with E-state index >= 15 is 0 Å². The molecule has 0 aliphatic rings. The third kappa shape index (κ3) is 5.75. The van der Waals surface area contributed by atoms with Crippen molar-refractivity contribution in [3.8, 4) is 11.4 Å². The van der Waals surface area contributed by atoms with Gasteiger partial charge < -0.3 is 24.5 Å². The summed E-state index contributed by atoms with van der Waals surface area (Å²) in [6.07, 6.45) is 2.37. The third-order valence-corrected chi connectivity index (χ3v) is 6.23. The summed E-state index contributed by atoms with van der Waals surface area (Å²) in [5, 5.41) is 2.71. The van der Waals surface area contributed by atoms with Crippen LogP contribution < -0.4 is 5.32 Å². The molecular formula is C24H25N3O7S. The minimum atomic E-state index is -1.13. The Morgan fingerprint density at radius 1 is 1.09 bits per heavy atom. The summed E-state index contributed by atoms with van der Waals surface area (Å²) in [6.45, 7) is 5.06. The van der Waals surface area contributed by atoms with Gasteiger partial charge >= 0.3 is 17.9 Å². The van der Waals surface area contributed by atoms with E-state index in [0.717, 1.165) is 16.9 Å². The molecule has 0 saturated carbocycles. The first kappa shape index (κ1) is 25.6. The van der Waals surface area contributed by atoms with E-state index in [-0.39, 0.29) is 34.0 Å². The van der Waals surface area contributed by atoms with Crippen LogP contribution in [0.5, 0.6) is 0 Å². The van der Waals surface area contributed by atoms with E-state index in [0.29, 0.717) is 11.4 Å². The lowest BCUT2D eigenvalue weighted by Gasteiger charge is -2.16. The minimum absolute atomic E-state index is 0.0450. The molecule has 2 aromatic heterocycles. The average molecular weight is 500 g/mol. The summed E-state index contributed by atoms with van der Waals surface area (Å²) < 4.78 is 15.3. The molecule has 184 valence electrons. The number of carbonyl (C=O) groups excluding carboxylic acids is 4. The van der Waals surface area contributed by atoms with Gasteiger partial charge in [-0.15, -0.1) is 11.3 Å². The number of esters is 3. The van der Waals surface area contributed by atoms with Crippen LogP contribution in [0, 0.1) is 6.92 Å². The number of imidazole rings is 1. The van der Waals surface area contributed by atoms with Gasteiger partial charge in [-0.2, -0.15) is 0 Å². The van der Waals surface area contributed by atoms with Crippen LogP contribution in [0.3, 0.4) is 0 Å². The zero-order chi connectivity index (χ0) is 25.5. The number of hydrogen-bond acceptors (Lipinski definition) is 9. The first-order chi connectivity index (χ1) is 16.8. The zero-order valence-electron chi connectivity index (χ0n) is 19.7. The van der Waals surface area contributed by atoms with Crippen molar-refractivity contribution in [1.29, 1.82) is 0 Å². The van der Waals surface area contributed by atoms with Gasteiger partial charge in [0.15, 0.2) is 6.10 Å². The molecule has 3 rings (SSSR count). The number of amides is 1. The van der Waals surface area contributed by atoms with Gasteiger partial charge in [-0.05, 0) is 38.0 Å². The van der Waals surface area contributed by atoms with Crippen molar-refractivity contribution in [3.63, 3.8) is 0 Å². The maximum Gasteiger partial charge on any atom is 0.348 e. The predicted octanol–water partition coefficient (Wildman–Crippen LogP) is 3.98. The summed E-state index contributed by atoms with van der Waals surface area (Å²) in [6, 6.07) is 6.58. The number of aromatic amines is 1. The largest absolute Gasteiger partial charge is 0.465 e. The molecule has 1 amide bonds. The molecule has 11 heteroatoms. The third-order valence-electron chi connectivity index (χ3n) is 5.04. The van der Waals surface area contributed by atoms with Gasteiger partial charge in [0.1, 0.15) is 15.7 Å². The number of aromatic nitrogens is 2. The predicted molar refractivity (Wildman–Crippen MR) is 128 cm³/mol. The van der Waals surface area contributed by atoms with Crippen LogP contribution in [-0.4, -0.2) is 53.6 Å². The van der Waals surface area contributed by atoms with Crippen LogP contribution in [0.1, 0.15) is 56.2 Å². The van der Waals surface area contributed by atoms with Crippen LogP contribution in [0.2, 0.25) is 0 Å². The quantitative estimate of drug-likeness (QED) is 0.333. The average Bonchev–Trinajstić information content (AvgIpc) is 3.50. The molecule has 0 radical (unpaired) electrons. The molecule has 0 spiro atoms.